The highest BCUT2D eigenvalue weighted by atomic mass is 14.3. The molecule has 0 heterocycles. The first-order chi connectivity index (χ1) is 7.69. The highest BCUT2D eigenvalue weighted by molar-refractivity contribution is 5.37. The van der Waals surface area contributed by atoms with Gasteiger partial charge in [0.25, 0.3) is 0 Å². The van der Waals surface area contributed by atoms with Crippen LogP contribution in [0.15, 0.2) is 35.5 Å². The normalized spacial score (nSPS) is 17.7. The van der Waals surface area contributed by atoms with Crippen molar-refractivity contribution in [1.29, 1.82) is 0 Å². The van der Waals surface area contributed by atoms with Crippen molar-refractivity contribution in [3.05, 3.63) is 35.5 Å². The zero-order chi connectivity index (χ0) is 12.6. The average Bonchev–Trinajstić information content (AvgIpc) is 2.66. The Kier molecular flexibility index (Phi) is 7.97. The van der Waals surface area contributed by atoms with Gasteiger partial charge >= 0.3 is 0 Å². The van der Waals surface area contributed by atoms with Gasteiger partial charge in [0, 0.05) is 0 Å². The van der Waals surface area contributed by atoms with E-state index in [-0.39, 0.29) is 0 Å². The molecule has 0 saturated heterocycles. The van der Waals surface area contributed by atoms with Crippen molar-refractivity contribution in [3.63, 3.8) is 0 Å². The zero-order valence-electron chi connectivity index (χ0n) is 11.9. The summed E-state index contributed by atoms with van der Waals surface area (Å²) in [6.45, 7) is 12.9. The third-order valence-electron chi connectivity index (χ3n) is 3.06. The second-order valence-corrected chi connectivity index (χ2v) is 4.46. The molecule has 0 spiro atoms. The molecule has 0 unspecified atom stereocenters. The van der Waals surface area contributed by atoms with Gasteiger partial charge in [0.1, 0.15) is 0 Å². The molecular weight excluding hydrogens is 192 g/mol. The third-order valence-corrected chi connectivity index (χ3v) is 3.06. The van der Waals surface area contributed by atoms with Crippen LogP contribution in [0.5, 0.6) is 0 Å². The Morgan fingerprint density at radius 1 is 0.938 bits per heavy atom. The Morgan fingerprint density at radius 2 is 1.31 bits per heavy atom. The summed E-state index contributed by atoms with van der Waals surface area (Å²) in [5.41, 5.74) is 3.09. The molecule has 0 nitrogen and oxygen atoms in total. The second kappa shape index (κ2) is 8.38. The molecule has 92 valence electrons. The summed E-state index contributed by atoms with van der Waals surface area (Å²) in [6, 6.07) is 0. The van der Waals surface area contributed by atoms with Gasteiger partial charge in [-0.2, -0.15) is 0 Å². The Hall–Kier alpha value is -0.780. The van der Waals surface area contributed by atoms with Crippen LogP contribution in [0, 0.1) is 11.8 Å². The molecule has 1 rings (SSSR count). The summed E-state index contributed by atoms with van der Waals surface area (Å²) >= 11 is 0. The molecule has 0 atom stereocenters. The first-order valence-electron chi connectivity index (χ1n) is 6.66. The van der Waals surface area contributed by atoms with Crippen molar-refractivity contribution in [2.45, 2.75) is 54.4 Å². The summed E-state index contributed by atoms with van der Waals surface area (Å²) in [5, 5.41) is 0. The average molecular weight is 220 g/mol. The van der Waals surface area contributed by atoms with Crippen molar-refractivity contribution in [2.75, 3.05) is 0 Å². The smallest absolute Gasteiger partial charge is 0.0242 e. The fourth-order valence-corrected chi connectivity index (χ4v) is 2.12. The molecule has 0 heteroatoms. The molecule has 1 aliphatic carbocycles. The second-order valence-electron chi connectivity index (χ2n) is 4.46. The van der Waals surface area contributed by atoms with Gasteiger partial charge < -0.3 is 0 Å². The minimum absolute atomic E-state index is 0.804. The maximum atomic E-state index is 2.33. The van der Waals surface area contributed by atoms with Crippen molar-refractivity contribution in [1.82, 2.24) is 0 Å². The molecule has 0 aliphatic heterocycles. The Bertz CT molecular complexity index is 240. The van der Waals surface area contributed by atoms with Gasteiger partial charge in [-0.25, -0.2) is 0 Å². The molecule has 0 amide bonds. The molecule has 0 radical (unpaired) electrons. The molecular formula is C16H28. The van der Waals surface area contributed by atoms with Crippen LogP contribution in [0.2, 0.25) is 0 Å². The monoisotopic (exact) mass is 220 g/mol. The molecule has 0 saturated carbocycles. The van der Waals surface area contributed by atoms with Crippen LogP contribution < -0.4 is 0 Å². The topological polar surface area (TPSA) is 0 Å². The van der Waals surface area contributed by atoms with Crippen LogP contribution in [0.4, 0.5) is 0 Å². The Labute approximate surface area is 102 Å². The largest absolute Gasteiger partial charge is 0.0874 e. The van der Waals surface area contributed by atoms with Crippen molar-refractivity contribution >= 4 is 0 Å². The van der Waals surface area contributed by atoms with E-state index in [1.807, 2.05) is 13.8 Å². The fraction of sp³-hybridized carbons (Fsp3) is 0.625. The summed E-state index contributed by atoms with van der Waals surface area (Å²) in [6.07, 6.45) is 11.4. The standard InChI is InChI=1S/C14H22.C2H6/c1-5-7-12-9-14(11(3)4)10-13(12)8-6-2;1-2/h5-8,11,14H,9-10H2,1-4H3;1-2H3/b7-5-,8-6-;. The maximum absolute atomic E-state index is 2.33. The highest BCUT2D eigenvalue weighted by Crippen LogP contribution is 2.37. The lowest BCUT2D eigenvalue weighted by Gasteiger charge is -2.13. The Morgan fingerprint density at radius 3 is 1.56 bits per heavy atom. The Balaban J connectivity index is 0.00000106. The van der Waals surface area contributed by atoms with E-state index in [4.69, 9.17) is 0 Å². The van der Waals surface area contributed by atoms with Crippen LogP contribution >= 0.6 is 0 Å². The summed E-state index contributed by atoms with van der Waals surface area (Å²) < 4.78 is 0. The van der Waals surface area contributed by atoms with E-state index in [1.165, 1.54) is 12.8 Å². The van der Waals surface area contributed by atoms with Crippen LogP contribution in [0.3, 0.4) is 0 Å². The predicted octanol–water partition coefficient (Wildman–Crippen LogP) is 5.53. The molecule has 0 N–H and O–H groups in total. The van der Waals surface area contributed by atoms with Gasteiger partial charge in [0.15, 0.2) is 0 Å². The number of hydrogen-bond acceptors (Lipinski definition) is 0. The SMILES string of the molecule is C/C=C\C1=C(/C=C\C)CC(C(C)C)C1.CC. The van der Waals surface area contributed by atoms with E-state index in [2.05, 4.69) is 52.0 Å². The van der Waals surface area contributed by atoms with E-state index >= 15 is 0 Å². The van der Waals surface area contributed by atoms with Gasteiger partial charge in [-0.15, -0.1) is 0 Å². The van der Waals surface area contributed by atoms with E-state index in [0.717, 1.165) is 11.8 Å². The molecule has 1 aliphatic rings. The lowest BCUT2D eigenvalue weighted by atomic mass is 9.92. The van der Waals surface area contributed by atoms with Crippen molar-refractivity contribution in [2.24, 2.45) is 11.8 Å². The van der Waals surface area contributed by atoms with Crippen LogP contribution in [-0.2, 0) is 0 Å². The summed E-state index contributed by atoms with van der Waals surface area (Å²) in [5.74, 6) is 1.66. The van der Waals surface area contributed by atoms with E-state index < -0.39 is 0 Å². The van der Waals surface area contributed by atoms with E-state index in [9.17, 15) is 0 Å². The van der Waals surface area contributed by atoms with Gasteiger partial charge in [-0.3, -0.25) is 0 Å². The van der Waals surface area contributed by atoms with Gasteiger partial charge in [-0.1, -0.05) is 52.0 Å². The van der Waals surface area contributed by atoms with Crippen LogP contribution in [0.1, 0.15) is 54.4 Å². The molecule has 0 aromatic heterocycles. The lowest BCUT2D eigenvalue weighted by molar-refractivity contribution is 0.404. The van der Waals surface area contributed by atoms with Gasteiger partial charge in [0.05, 0.1) is 0 Å². The summed E-state index contributed by atoms with van der Waals surface area (Å²) in [7, 11) is 0. The lowest BCUT2D eigenvalue weighted by Crippen LogP contribution is -2.03. The number of hydrogen-bond donors (Lipinski definition) is 0. The minimum Gasteiger partial charge on any atom is -0.0874 e. The maximum Gasteiger partial charge on any atom is -0.0242 e. The number of allylic oxidation sites excluding steroid dienone is 6. The van der Waals surface area contributed by atoms with Gasteiger partial charge in [-0.05, 0) is 49.7 Å². The highest BCUT2D eigenvalue weighted by Gasteiger charge is 2.23. The fourth-order valence-electron chi connectivity index (χ4n) is 2.12. The van der Waals surface area contributed by atoms with E-state index in [0.29, 0.717) is 0 Å². The van der Waals surface area contributed by atoms with Crippen molar-refractivity contribution < 1.29 is 0 Å². The van der Waals surface area contributed by atoms with Crippen LogP contribution in [0.25, 0.3) is 0 Å². The minimum atomic E-state index is 0.804. The molecule has 16 heavy (non-hydrogen) atoms. The molecule has 0 aromatic carbocycles. The molecule has 0 aromatic rings. The first-order valence-corrected chi connectivity index (χ1v) is 6.66. The predicted molar refractivity (Wildman–Crippen MR) is 75.6 cm³/mol. The van der Waals surface area contributed by atoms with Crippen LogP contribution in [-0.4, -0.2) is 0 Å². The molecule has 0 bridgehead atoms. The first kappa shape index (κ1) is 15.2. The van der Waals surface area contributed by atoms with Crippen molar-refractivity contribution in [3.8, 4) is 0 Å². The zero-order valence-corrected chi connectivity index (χ0v) is 11.9. The quantitative estimate of drug-likeness (QED) is 0.587. The number of rotatable bonds is 3. The summed E-state index contributed by atoms with van der Waals surface area (Å²) in [4.78, 5) is 0. The molecule has 0 fully saturated rings. The third kappa shape index (κ3) is 4.38. The van der Waals surface area contributed by atoms with E-state index in [1.54, 1.807) is 11.1 Å². The van der Waals surface area contributed by atoms with Gasteiger partial charge in [0.2, 0.25) is 0 Å².